The van der Waals surface area contributed by atoms with E-state index in [0.29, 0.717) is 38.5 Å². The number of rotatable bonds is 7. The largest absolute Gasteiger partial charge is 0.466 e. The predicted octanol–water partition coefficient (Wildman–Crippen LogP) is -0.275. The van der Waals surface area contributed by atoms with E-state index < -0.39 is 0 Å². The molecule has 0 bridgehead atoms. The molecule has 1 rings (SSSR count). The summed E-state index contributed by atoms with van der Waals surface area (Å²) in [7, 11) is 0. The van der Waals surface area contributed by atoms with E-state index in [4.69, 9.17) is 10.5 Å². The second kappa shape index (κ2) is 8.12. The van der Waals surface area contributed by atoms with Gasteiger partial charge in [0.05, 0.1) is 13.2 Å². The molecule has 3 N–H and O–H groups in total. The van der Waals surface area contributed by atoms with Crippen molar-refractivity contribution in [3.63, 3.8) is 0 Å². The zero-order valence-electron chi connectivity index (χ0n) is 11.9. The molecule has 2 atom stereocenters. The molecule has 0 aliphatic carbocycles. The van der Waals surface area contributed by atoms with Crippen molar-refractivity contribution < 1.29 is 14.3 Å². The van der Waals surface area contributed by atoms with Crippen molar-refractivity contribution in [1.82, 2.24) is 10.2 Å². The summed E-state index contributed by atoms with van der Waals surface area (Å²) >= 11 is 0. The minimum absolute atomic E-state index is 0.00911. The summed E-state index contributed by atoms with van der Waals surface area (Å²) < 4.78 is 4.81. The maximum Gasteiger partial charge on any atom is 0.305 e. The molecular weight excluding hydrogens is 246 g/mol. The summed E-state index contributed by atoms with van der Waals surface area (Å²) in [6, 6.07) is 0.164. The lowest BCUT2D eigenvalue weighted by molar-refractivity contribution is -0.143. The van der Waals surface area contributed by atoms with Gasteiger partial charge in [-0.3, -0.25) is 14.5 Å². The van der Waals surface area contributed by atoms with E-state index in [1.165, 1.54) is 0 Å². The fraction of sp³-hybridized carbons (Fsp3) is 0.846. The van der Waals surface area contributed by atoms with Crippen molar-refractivity contribution >= 4 is 11.9 Å². The Labute approximate surface area is 114 Å². The van der Waals surface area contributed by atoms with E-state index in [1.54, 1.807) is 6.92 Å². The summed E-state index contributed by atoms with van der Waals surface area (Å²) in [5, 5.41) is 2.81. The van der Waals surface area contributed by atoms with E-state index in [2.05, 4.69) is 17.1 Å². The molecule has 0 radical (unpaired) electrons. The molecule has 1 amide bonds. The van der Waals surface area contributed by atoms with E-state index in [0.717, 1.165) is 13.1 Å². The van der Waals surface area contributed by atoms with Crippen molar-refractivity contribution in [2.24, 2.45) is 11.7 Å². The fourth-order valence-corrected chi connectivity index (χ4v) is 2.18. The van der Waals surface area contributed by atoms with Crippen LogP contribution < -0.4 is 11.1 Å². The van der Waals surface area contributed by atoms with Gasteiger partial charge in [-0.05, 0) is 19.3 Å². The first kappa shape index (κ1) is 15.9. The Bertz CT molecular complexity index is 300. The normalized spacial score (nSPS) is 23.3. The number of esters is 1. The molecule has 0 aromatic carbocycles. The minimum atomic E-state index is -0.212. The van der Waals surface area contributed by atoms with Crippen molar-refractivity contribution in [2.45, 2.75) is 32.7 Å². The molecule has 1 heterocycles. The highest BCUT2D eigenvalue weighted by atomic mass is 16.5. The molecule has 1 aliphatic heterocycles. The quantitative estimate of drug-likeness (QED) is 0.491. The van der Waals surface area contributed by atoms with Crippen LogP contribution in [-0.2, 0) is 14.3 Å². The van der Waals surface area contributed by atoms with Gasteiger partial charge >= 0.3 is 5.97 Å². The number of carbonyl (C=O) groups excluding carboxylic acids is 2. The van der Waals surface area contributed by atoms with Crippen LogP contribution in [0.3, 0.4) is 0 Å². The second-order valence-corrected chi connectivity index (χ2v) is 5.09. The first-order chi connectivity index (χ1) is 9.02. The van der Waals surface area contributed by atoms with Gasteiger partial charge in [-0.25, -0.2) is 0 Å². The lowest BCUT2D eigenvalue weighted by Gasteiger charge is -2.14. The highest BCUT2D eigenvalue weighted by Gasteiger charge is 2.27. The summed E-state index contributed by atoms with van der Waals surface area (Å²) in [5.41, 5.74) is 5.90. The van der Waals surface area contributed by atoms with Crippen LogP contribution in [-0.4, -0.2) is 55.6 Å². The molecule has 1 saturated heterocycles. The van der Waals surface area contributed by atoms with Gasteiger partial charge in [0.2, 0.25) is 5.91 Å². The number of amides is 1. The van der Waals surface area contributed by atoms with Gasteiger partial charge in [0.15, 0.2) is 0 Å². The Balaban J connectivity index is 2.07. The average molecular weight is 271 g/mol. The maximum absolute atomic E-state index is 11.7. The summed E-state index contributed by atoms with van der Waals surface area (Å²) in [6.07, 6.45) is 0.959. The molecule has 0 aromatic heterocycles. The third-order valence-corrected chi connectivity index (χ3v) is 3.30. The fourth-order valence-electron chi connectivity index (χ4n) is 2.18. The Hall–Kier alpha value is -1.14. The zero-order valence-corrected chi connectivity index (χ0v) is 11.9. The standard InChI is InChI=1S/C13H25N3O3/c1-3-19-13(18)5-4-6-15-12(17)9-16-7-10(2)11(14)8-16/h10-11H,3-9,14H2,1-2H3,(H,15,17). The topological polar surface area (TPSA) is 84.7 Å². The van der Waals surface area contributed by atoms with Gasteiger partial charge in [0.1, 0.15) is 0 Å². The van der Waals surface area contributed by atoms with Gasteiger partial charge in [-0.15, -0.1) is 0 Å². The molecule has 110 valence electrons. The van der Waals surface area contributed by atoms with Crippen molar-refractivity contribution in [3.05, 3.63) is 0 Å². The molecular formula is C13H25N3O3. The molecule has 0 spiro atoms. The van der Waals surface area contributed by atoms with Crippen LogP contribution >= 0.6 is 0 Å². The van der Waals surface area contributed by atoms with E-state index in [1.807, 2.05) is 0 Å². The van der Waals surface area contributed by atoms with E-state index in [9.17, 15) is 9.59 Å². The number of nitrogens with zero attached hydrogens (tertiary/aromatic N) is 1. The van der Waals surface area contributed by atoms with Crippen LogP contribution in [0.15, 0.2) is 0 Å². The van der Waals surface area contributed by atoms with Crippen molar-refractivity contribution in [2.75, 3.05) is 32.8 Å². The third-order valence-electron chi connectivity index (χ3n) is 3.30. The SMILES string of the molecule is CCOC(=O)CCCNC(=O)CN1CC(C)C(N)C1. The monoisotopic (exact) mass is 271 g/mol. The lowest BCUT2D eigenvalue weighted by atomic mass is 10.1. The van der Waals surface area contributed by atoms with Gasteiger partial charge in [-0.1, -0.05) is 6.92 Å². The molecule has 2 unspecified atom stereocenters. The van der Waals surface area contributed by atoms with Crippen LogP contribution in [0.25, 0.3) is 0 Å². The number of hydrogen-bond donors (Lipinski definition) is 2. The smallest absolute Gasteiger partial charge is 0.305 e. The number of likely N-dealkylation sites (tertiary alicyclic amines) is 1. The number of nitrogens with two attached hydrogens (primary N) is 1. The number of nitrogens with one attached hydrogen (secondary N) is 1. The highest BCUT2D eigenvalue weighted by molar-refractivity contribution is 5.78. The molecule has 19 heavy (non-hydrogen) atoms. The average Bonchev–Trinajstić information content (AvgIpc) is 2.64. The van der Waals surface area contributed by atoms with E-state index in [-0.39, 0.29) is 17.9 Å². The number of ether oxygens (including phenoxy) is 1. The van der Waals surface area contributed by atoms with Gasteiger partial charge in [-0.2, -0.15) is 0 Å². The van der Waals surface area contributed by atoms with Gasteiger partial charge in [0, 0.05) is 32.1 Å². The Kier molecular flexibility index (Phi) is 6.80. The van der Waals surface area contributed by atoms with Gasteiger partial charge < -0.3 is 15.8 Å². The molecule has 6 heteroatoms. The second-order valence-electron chi connectivity index (χ2n) is 5.09. The Morgan fingerprint density at radius 1 is 1.42 bits per heavy atom. The third kappa shape index (κ3) is 6.02. The summed E-state index contributed by atoms with van der Waals surface area (Å²) in [6.45, 7) is 6.82. The Morgan fingerprint density at radius 3 is 2.74 bits per heavy atom. The van der Waals surface area contributed by atoms with Gasteiger partial charge in [0.25, 0.3) is 0 Å². The summed E-state index contributed by atoms with van der Waals surface area (Å²) in [4.78, 5) is 24.8. The zero-order chi connectivity index (χ0) is 14.3. The molecule has 1 aliphatic rings. The highest BCUT2D eigenvalue weighted by Crippen LogP contribution is 2.13. The first-order valence-corrected chi connectivity index (χ1v) is 6.93. The first-order valence-electron chi connectivity index (χ1n) is 6.93. The molecule has 1 fully saturated rings. The van der Waals surface area contributed by atoms with Crippen molar-refractivity contribution in [3.8, 4) is 0 Å². The maximum atomic E-state index is 11.7. The van der Waals surface area contributed by atoms with E-state index >= 15 is 0 Å². The number of hydrogen-bond acceptors (Lipinski definition) is 5. The minimum Gasteiger partial charge on any atom is -0.466 e. The van der Waals surface area contributed by atoms with Crippen LogP contribution in [0.5, 0.6) is 0 Å². The van der Waals surface area contributed by atoms with Crippen molar-refractivity contribution in [1.29, 1.82) is 0 Å². The number of carbonyl (C=O) groups is 2. The molecule has 6 nitrogen and oxygen atoms in total. The lowest BCUT2D eigenvalue weighted by Crippen LogP contribution is -2.37. The summed E-state index contributed by atoms with van der Waals surface area (Å²) in [5.74, 6) is 0.220. The molecule has 0 saturated carbocycles. The Morgan fingerprint density at radius 2 is 2.16 bits per heavy atom. The predicted molar refractivity (Wildman–Crippen MR) is 72.5 cm³/mol. The van der Waals surface area contributed by atoms with Crippen LogP contribution in [0.1, 0.15) is 26.7 Å². The van der Waals surface area contributed by atoms with Crippen LogP contribution in [0.4, 0.5) is 0 Å². The van der Waals surface area contributed by atoms with Crippen LogP contribution in [0, 0.1) is 5.92 Å². The van der Waals surface area contributed by atoms with Crippen LogP contribution in [0.2, 0.25) is 0 Å². The molecule has 0 aromatic rings.